The van der Waals surface area contributed by atoms with E-state index in [0.717, 1.165) is 25.0 Å². The van der Waals surface area contributed by atoms with Crippen LogP contribution in [0.2, 0.25) is 0 Å². The molecule has 3 N–H and O–H groups in total. The van der Waals surface area contributed by atoms with Gasteiger partial charge in [-0.2, -0.15) is 0 Å². The lowest BCUT2D eigenvalue weighted by atomic mass is 10.00. The molecule has 1 rings (SSSR count). The molecular weight excluding hydrogens is 202 g/mol. The van der Waals surface area contributed by atoms with Crippen LogP contribution in [0, 0.1) is 0 Å². The van der Waals surface area contributed by atoms with E-state index in [0.29, 0.717) is 13.2 Å². The molecule has 0 spiro atoms. The molecule has 0 aliphatic heterocycles. The van der Waals surface area contributed by atoms with Crippen molar-refractivity contribution in [2.75, 3.05) is 13.2 Å². The van der Waals surface area contributed by atoms with Crippen molar-refractivity contribution in [3.8, 4) is 5.75 Å². The van der Waals surface area contributed by atoms with Crippen LogP contribution < -0.4 is 10.5 Å². The van der Waals surface area contributed by atoms with Gasteiger partial charge in [0.15, 0.2) is 0 Å². The molecule has 0 heterocycles. The molecule has 90 valence electrons. The van der Waals surface area contributed by atoms with Crippen LogP contribution in [0.1, 0.15) is 26.2 Å². The van der Waals surface area contributed by atoms with Crippen molar-refractivity contribution >= 4 is 0 Å². The number of hydrogen-bond donors (Lipinski definition) is 2. The van der Waals surface area contributed by atoms with Crippen LogP contribution in [-0.2, 0) is 0 Å². The van der Waals surface area contributed by atoms with Crippen LogP contribution in [0.15, 0.2) is 30.3 Å². The highest BCUT2D eigenvalue weighted by Crippen LogP contribution is 2.13. The van der Waals surface area contributed by atoms with E-state index in [1.165, 1.54) is 0 Å². The van der Waals surface area contributed by atoms with Gasteiger partial charge in [-0.25, -0.2) is 0 Å². The fourth-order valence-electron chi connectivity index (χ4n) is 1.42. The minimum absolute atomic E-state index is 0.312. The molecule has 0 radical (unpaired) electrons. The molecule has 0 aliphatic carbocycles. The fraction of sp³-hybridized carbons (Fsp3) is 0.538. The quantitative estimate of drug-likeness (QED) is 0.695. The predicted octanol–water partition coefficient (Wildman–Crippen LogP) is 1.95. The standard InChI is InChI=1S/C13H21NO2/c1-13(15,11-14)9-5-6-10-16-12-7-3-2-4-8-12/h2-4,7-8,15H,5-6,9-11,14H2,1H3. The van der Waals surface area contributed by atoms with Gasteiger partial charge in [-0.05, 0) is 38.3 Å². The Morgan fingerprint density at radius 1 is 1.25 bits per heavy atom. The number of hydrogen-bond acceptors (Lipinski definition) is 3. The molecule has 3 heteroatoms. The van der Waals surface area contributed by atoms with Crippen molar-refractivity contribution in [3.05, 3.63) is 30.3 Å². The maximum Gasteiger partial charge on any atom is 0.119 e. The van der Waals surface area contributed by atoms with Gasteiger partial charge in [-0.1, -0.05) is 18.2 Å². The lowest BCUT2D eigenvalue weighted by molar-refractivity contribution is 0.0562. The zero-order chi connectivity index (χ0) is 11.9. The molecule has 1 unspecified atom stereocenters. The number of rotatable bonds is 7. The SMILES string of the molecule is CC(O)(CN)CCCCOc1ccccc1. The second-order valence-corrected chi connectivity index (χ2v) is 4.32. The Morgan fingerprint density at radius 2 is 1.94 bits per heavy atom. The summed E-state index contributed by atoms with van der Waals surface area (Å²) in [5.41, 5.74) is 4.70. The Balaban J connectivity index is 2.09. The Hall–Kier alpha value is -1.06. The lowest BCUT2D eigenvalue weighted by Gasteiger charge is -2.20. The maximum absolute atomic E-state index is 9.67. The molecule has 16 heavy (non-hydrogen) atoms. The minimum atomic E-state index is -0.729. The summed E-state index contributed by atoms with van der Waals surface area (Å²) < 4.78 is 5.54. The molecule has 0 aliphatic rings. The Bertz CT molecular complexity index is 285. The molecule has 1 atom stereocenters. The van der Waals surface area contributed by atoms with Gasteiger partial charge in [0.25, 0.3) is 0 Å². The normalized spacial score (nSPS) is 14.4. The van der Waals surface area contributed by atoms with E-state index >= 15 is 0 Å². The summed E-state index contributed by atoms with van der Waals surface area (Å²) in [6.07, 6.45) is 2.59. The molecule has 3 nitrogen and oxygen atoms in total. The highest BCUT2D eigenvalue weighted by molar-refractivity contribution is 5.20. The van der Waals surface area contributed by atoms with Crippen molar-refractivity contribution in [1.82, 2.24) is 0 Å². The Morgan fingerprint density at radius 3 is 2.56 bits per heavy atom. The zero-order valence-corrected chi connectivity index (χ0v) is 9.86. The highest BCUT2D eigenvalue weighted by atomic mass is 16.5. The fourth-order valence-corrected chi connectivity index (χ4v) is 1.42. The molecule has 0 saturated carbocycles. The highest BCUT2D eigenvalue weighted by Gasteiger charge is 2.16. The van der Waals surface area contributed by atoms with Crippen LogP contribution in [0.5, 0.6) is 5.75 Å². The van der Waals surface area contributed by atoms with Crippen LogP contribution in [0.3, 0.4) is 0 Å². The number of benzene rings is 1. The summed E-state index contributed by atoms with van der Waals surface area (Å²) in [7, 11) is 0. The topological polar surface area (TPSA) is 55.5 Å². The summed E-state index contributed by atoms with van der Waals surface area (Å²) in [6, 6.07) is 9.75. The molecule has 1 aromatic rings. The van der Waals surface area contributed by atoms with Gasteiger partial charge in [0.1, 0.15) is 5.75 Å². The van der Waals surface area contributed by atoms with Crippen LogP contribution in [0.25, 0.3) is 0 Å². The van der Waals surface area contributed by atoms with E-state index in [1.807, 2.05) is 30.3 Å². The van der Waals surface area contributed by atoms with Crippen LogP contribution >= 0.6 is 0 Å². The number of unbranched alkanes of at least 4 members (excludes halogenated alkanes) is 1. The number of para-hydroxylation sites is 1. The van der Waals surface area contributed by atoms with Crippen molar-refractivity contribution < 1.29 is 9.84 Å². The third kappa shape index (κ3) is 5.14. The van der Waals surface area contributed by atoms with E-state index in [-0.39, 0.29) is 0 Å². The molecule has 0 aromatic heterocycles. The Kier molecular flexibility index (Phi) is 5.29. The van der Waals surface area contributed by atoms with Crippen LogP contribution in [0.4, 0.5) is 0 Å². The first-order valence-electron chi connectivity index (χ1n) is 5.74. The predicted molar refractivity (Wildman–Crippen MR) is 65.5 cm³/mol. The van der Waals surface area contributed by atoms with Crippen molar-refractivity contribution in [2.45, 2.75) is 31.8 Å². The number of aliphatic hydroxyl groups is 1. The van der Waals surface area contributed by atoms with E-state index in [2.05, 4.69) is 0 Å². The maximum atomic E-state index is 9.67. The van der Waals surface area contributed by atoms with Crippen LogP contribution in [-0.4, -0.2) is 23.9 Å². The van der Waals surface area contributed by atoms with Gasteiger partial charge in [-0.3, -0.25) is 0 Å². The van der Waals surface area contributed by atoms with Crippen molar-refractivity contribution in [2.24, 2.45) is 5.73 Å². The summed E-state index contributed by atoms with van der Waals surface area (Å²) in [5, 5.41) is 9.67. The third-order valence-corrected chi connectivity index (χ3v) is 2.56. The first kappa shape index (κ1) is 13.0. The van der Waals surface area contributed by atoms with E-state index in [9.17, 15) is 5.11 Å². The van der Waals surface area contributed by atoms with E-state index < -0.39 is 5.60 Å². The molecule has 0 amide bonds. The Labute approximate surface area is 97.2 Å². The van der Waals surface area contributed by atoms with Gasteiger partial charge in [-0.15, -0.1) is 0 Å². The van der Waals surface area contributed by atoms with Crippen molar-refractivity contribution in [3.63, 3.8) is 0 Å². The monoisotopic (exact) mass is 223 g/mol. The lowest BCUT2D eigenvalue weighted by Crippen LogP contribution is -2.33. The van der Waals surface area contributed by atoms with Crippen molar-refractivity contribution in [1.29, 1.82) is 0 Å². The van der Waals surface area contributed by atoms with Gasteiger partial charge in [0, 0.05) is 6.54 Å². The number of ether oxygens (including phenoxy) is 1. The summed E-state index contributed by atoms with van der Waals surface area (Å²) in [5.74, 6) is 0.896. The second kappa shape index (κ2) is 6.51. The average molecular weight is 223 g/mol. The smallest absolute Gasteiger partial charge is 0.119 e. The molecule has 0 bridgehead atoms. The second-order valence-electron chi connectivity index (χ2n) is 4.32. The number of nitrogens with two attached hydrogens (primary N) is 1. The minimum Gasteiger partial charge on any atom is -0.494 e. The van der Waals surface area contributed by atoms with E-state index in [4.69, 9.17) is 10.5 Å². The summed E-state index contributed by atoms with van der Waals surface area (Å²) in [4.78, 5) is 0. The van der Waals surface area contributed by atoms with Gasteiger partial charge in [0.05, 0.1) is 12.2 Å². The first-order valence-corrected chi connectivity index (χ1v) is 5.74. The van der Waals surface area contributed by atoms with Gasteiger partial charge in [0.2, 0.25) is 0 Å². The van der Waals surface area contributed by atoms with Gasteiger partial charge < -0.3 is 15.6 Å². The zero-order valence-electron chi connectivity index (χ0n) is 9.86. The molecular formula is C13H21NO2. The average Bonchev–Trinajstić information content (AvgIpc) is 2.30. The molecule has 0 fully saturated rings. The summed E-state index contributed by atoms with van der Waals surface area (Å²) in [6.45, 7) is 2.77. The first-order chi connectivity index (χ1) is 7.64. The third-order valence-electron chi connectivity index (χ3n) is 2.56. The largest absolute Gasteiger partial charge is 0.494 e. The molecule has 1 aromatic carbocycles. The van der Waals surface area contributed by atoms with Gasteiger partial charge >= 0.3 is 0 Å². The van der Waals surface area contributed by atoms with E-state index in [1.54, 1.807) is 6.92 Å². The summed E-state index contributed by atoms with van der Waals surface area (Å²) >= 11 is 0. The molecule has 0 saturated heterocycles.